The summed E-state index contributed by atoms with van der Waals surface area (Å²) in [5.41, 5.74) is 1.36. The van der Waals surface area contributed by atoms with Gasteiger partial charge in [0.25, 0.3) is 0 Å². The maximum absolute atomic E-state index is 11.5. The van der Waals surface area contributed by atoms with Crippen LogP contribution in [0.4, 0.5) is 0 Å². The fourth-order valence-electron chi connectivity index (χ4n) is 1.47. The van der Waals surface area contributed by atoms with Gasteiger partial charge in [0.1, 0.15) is 0 Å². The minimum absolute atomic E-state index is 0.00861. The predicted molar refractivity (Wildman–Crippen MR) is 63.9 cm³/mol. The van der Waals surface area contributed by atoms with E-state index in [0.29, 0.717) is 18.8 Å². The molecule has 4 nitrogen and oxygen atoms in total. The summed E-state index contributed by atoms with van der Waals surface area (Å²) >= 11 is 0. The van der Waals surface area contributed by atoms with Crippen molar-refractivity contribution in [2.24, 2.45) is 0 Å². The number of carbonyl (C=O) groups excluding carboxylic acids is 1. The average molecular weight is 238 g/mol. The quantitative estimate of drug-likeness (QED) is 0.711. The van der Waals surface area contributed by atoms with Crippen molar-refractivity contribution in [2.45, 2.75) is 19.6 Å². The molecule has 1 aromatic rings. The normalized spacial score (nSPS) is 12.2. The molecule has 0 spiro atoms. The third kappa shape index (κ3) is 4.17. The molecule has 1 unspecified atom stereocenters. The summed E-state index contributed by atoms with van der Waals surface area (Å²) in [7, 11) is 3.00. The van der Waals surface area contributed by atoms with E-state index in [1.165, 1.54) is 7.11 Å². The maximum Gasteiger partial charge on any atom is 0.338 e. The van der Waals surface area contributed by atoms with E-state index in [1.807, 2.05) is 19.1 Å². The Hall–Kier alpha value is -1.39. The Morgan fingerprint density at radius 2 is 2.00 bits per heavy atom. The van der Waals surface area contributed by atoms with Gasteiger partial charge in [-0.15, -0.1) is 0 Å². The van der Waals surface area contributed by atoms with E-state index < -0.39 is 0 Å². The Balaban J connectivity index is 2.67. The van der Waals surface area contributed by atoms with Gasteiger partial charge in [0.15, 0.2) is 0 Å². The molecule has 0 aromatic heterocycles. The Labute approximate surface area is 101 Å². The fraction of sp³-hybridized carbons (Fsp3) is 0.462. The van der Waals surface area contributed by atoms with Crippen LogP contribution < -0.4 is 0 Å². The monoisotopic (exact) mass is 238 g/mol. The molecule has 0 aliphatic carbocycles. The Morgan fingerprint density at radius 1 is 1.29 bits per heavy atom. The molecule has 0 amide bonds. The van der Waals surface area contributed by atoms with Crippen LogP contribution in [0.5, 0.6) is 0 Å². The molecule has 0 aliphatic rings. The Bertz CT molecular complexity index is 362. The molecular weight excluding hydrogens is 220 g/mol. The summed E-state index contributed by atoms with van der Waals surface area (Å²) in [4.78, 5) is 11.5. The number of esters is 1. The van der Waals surface area contributed by atoms with Gasteiger partial charge >= 0.3 is 5.97 Å². The number of ether oxygens (including phenoxy) is 3. The van der Waals surface area contributed by atoms with Gasteiger partial charge in [0.2, 0.25) is 0 Å². The molecular formula is C13H18O4. The molecule has 1 atom stereocenters. The van der Waals surface area contributed by atoms with Gasteiger partial charge in [0.05, 0.1) is 32.0 Å². The first-order valence-corrected chi connectivity index (χ1v) is 5.45. The number of benzene rings is 1. The van der Waals surface area contributed by atoms with Gasteiger partial charge in [0, 0.05) is 7.11 Å². The molecule has 94 valence electrons. The molecule has 0 saturated heterocycles. The van der Waals surface area contributed by atoms with Crippen molar-refractivity contribution in [2.75, 3.05) is 20.8 Å². The molecule has 0 N–H and O–H groups in total. The summed E-state index contributed by atoms with van der Waals surface area (Å²) in [6.07, 6.45) is -0.00861. The lowest BCUT2D eigenvalue weighted by Crippen LogP contribution is -2.16. The minimum atomic E-state index is -0.344. The third-order valence-electron chi connectivity index (χ3n) is 2.35. The SMILES string of the molecule is COCC(C)OCc1ccccc1C(=O)OC. The van der Waals surface area contributed by atoms with Crippen LogP contribution in [0.15, 0.2) is 24.3 Å². The molecule has 0 bridgehead atoms. The van der Waals surface area contributed by atoms with E-state index in [9.17, 15) is 4.79 Å². The van der Waals surface area contributed by atoms with Crippen LogP contribution in [0.1, 0.15) is 22.8 Å². The summed E-state index contributed by atoms with van der Waals surface area (Å²) in [6.45, 7) is 2.82. The lowest BCUT2D eigenvalue weighted by atomic mass is 10.1. The number of carbonyl (C=O) groups is 1. The van der Waals surface area contributed by atoms with Crippen molar-refractivity contribution in [3.8, 4) is 0 Å². The first kappa shape index (κ1) is 13.7. The van der Waals surface area contributed by atoms with Crippen LogP contribution in [0.25, 0.3) is 0 Å². The van der Waals surface area contributed by atoms with Crippen molar-refractivity contribution in [3.63, 3.8) is 0 Å². The van der Waals surface area contributed by atoms with E-state index in [4.69, 9.17) is 14.2 Å². The van der Waals surface area contributed by atoms with E-state index >= 15 is 0 Å². The van der Waals surface area contributed by atoms with Crippen LogP contribution in [0, 0.1) is 0 Å². The van der Waals surface area contributed by atoms with E-state index in [2.05, 4.69) is 0 Å². The minimum Gasteiger partial charge on any atom is -0.465 e. The molecule has 1 rings (SSSR count). The largest absolute Gasteiger partial charge is 0.465 e. The van der Waals surface area contributed by atoms with Crippen LogP contribution in [0.2, 0.25) is 0 Å². The molecule has 0 fully saturated rings. The number of methoxy groups -OCH3 is 2. The lowest BCUT2D eigenvalue weighted by Gasteiger charge is -2.13. The summed E-state index contributed by atoms with van der Waals surface area (Å²) in [6, 6.07) is 7.25. The van der Waals surface area contributed by atoms with E-state index in [-0.39, 0.29) is 12.1 Å². The zero-order chi connectivity index (χ0) is 12.7. The molecule has 0 saturated carbocycles. The van der Waals surface area contributed by atoms with Crippen molar-refractivity contribution in [1.82, 2.24) is 0 Å². The van der Waals surface area contributed by atoms with Crippen LogP contribution in [-0.4, -0.2) is 32.9 Å². The summed E-state index contributed by atoms with van der Waals surface area (Å²) in [5.74, 6) is -0.344. The van der Waals surface area contributed by atoms with E-state index in [0.717, 1.165) is 5.56 Å². The molecule has 1 aromatic carbocycles. The molecule has 0 aliphatic heterocycles. The summed E-state index contributed by atoms with van der Waals surface area (Å²) < 4.78 is 15.3. The number of rotatable bonds is 6. The second kappa shape index (κ2) is 7.04. The standard InChI is InChI=1S/C13H18O4/c1-10(8-15-2)17-9-11-6-4-5-7-12(11)13(14)16-3/h4-7,10H,8-9H2,1-3H3. The topological polar surface area (TPSA) is 44.8 Å². The Morgan fingerprint density at radius 3 is 2.65 bits per heavy atom. The van der Waals surface area contributed by atoms with Gasteiger partial charge in [-0.05, 0) is 18.6 Å². The van der Waals surface area contributed by atoms with Crippen molar-refractivity contribution < 1.29 is 19.0 Å². The fourth-order valence-corrected chi connectivity index (χ4v) is 1.47. The highest BCUT2D eigenvalue weighted by Gasteiger charge is 2.11. The maximum atomic E-state index is 11.5. The van der Waals surface area contributed by atoms with Gasteiger partial charge in [-0.1, -0.05) is 18.2 Å². The van der Waals surface area contributed by atoms with Crippen molar-refractivity contribution in [3.05, 3.63) is 35.4 Å². The van der Waals surface area contributed by atoms with Gasteiger partial charge in [-0.2, -0.15) is 0 Å². The van der Waals surface area contributed by atoms with Crippen molar-refractivity contribution in [1.29, 1.82) is 0 Å². The van der Waals surface area contributed by atoms with Crippen LogP contribution in [0.3, 0.4) is 0 Å². The first-order valence-electron chi connectivity index (χ1n) is 5.45. The highest BCUT2D eigenvalue weighted by Crippen LogP contribution is 2.12. The number of hydrogen-bond donors (Lipinski definition) is 0. The zero-order valence-electron chi connectivity index (χ0n) is 10.4. The predicted octanol–water partition coefficient (Wildman–Crippen LogP) is 2.02. The van der Waals surface area contributed by atoms with E-state index in [1.54, 1.807) is 19.2 Å². The molecule has 0 heterocycles. The van der Waals surface area contributed by atoms with Crippen LogP contribution >= 0.6 is 0 Å². The molecule has 0 radical (unpaired) electrons. The van der Waals surface area contributed by atoms with Crippen LogP contribution in [-0.2, 0) is 20.8 Å². The lowest BCUT2D eigenvalue weighted by molar-refractivity contribution is -0.000610. The molecule has 17 heavy (non-hydrogen) atoms. The van der Waals surface area contributed by atoms with Crippen molar-refractivity contribution >= 4 is 5.97 Å². The number of hydrogen-bond acceptors (Lipinski definition) is 4. The second-order valence-electron chi connectivity index (χ2n) is 3.73. The second-order valence-corrected chi connectivity index (χ2v) is 3.73. The summed E-state index contributed by atoms with van der Waals surface area (Å²) in [5, 5.41) is 0. The van der Waals surface area contributed by atoms with Gasteiger partial charge in [-0.25, -0.2) is 4.79 Å². The zero-order valence-corrected chi connectivity index (χ0v) is 10.4. The third-order valence-corrected chi connectivity index (χ3v) is 2.35. The van der Waals surface area contributed by atoms with Gasteiger partial charge in [-0.3, -0.25) is 0 Å². The smallest absolute Gasteiger partial charge is 0.338 e. The average Bonchev–Trinajstić information content (AvgIpc) is 2.36. The molecule has 4 heteroatoms. The highest BCUT2D eigenvalue weighted by molar-refractivity contribution is 5.90. The highest BCUT2D eigenvalue weighted by atomic mass is 16.5. The first-order chi connectivity index (χ1) is 8.19. The Kier molecular flexibility index (Phi) is 5.66. The van der Waals surface area contributed by atoms with Gasteiger partial charge < -0.3 is 14.2 Å².